The van der Waals surface area contributed by atoms with E-state index in [0.29, 0.717) is 11.6 Å². The SMILES string of the molecule is CCn1c(-c2cc(Cl)ccc2Br)nc2cc(CN)ccc21. The number of halogens is 2. The van der Waals surface area contributed by atoms with Crippen molar-refractivity contribution < 1.29 is 0 Å². The van der Waals surface area contributed by atoms with Crippen molar-refractivity contribution in [3.63, 3.8) is 0 Å². The van der Waals surface area contributed by atoms with Gasteiger partial charge in [0.15, 0.2) is 0 Å². The number of nitrogens with zero attached hydrogens (tertiary/aromatic N) is 2. The molecule has 0 bridgehead atoms. The largest absolute Gasteiger partial charge is 0.326 e. The van der Waals surface area contributed by atoms with E-state index in [1.165, 1.54) is 0 Å². The maximum Gasteiger partial charge on any atom is 0.142 e. The van der Waals surface area contributed by atoms with Crippen molar-refractivity contribution in [1.82, 2.24) is 9.55 Å². The quantitative estimate of drug-likeness (QED) is 0.738. The molecule has 2 aromatic carbocycles. The molecule has 21 heavy (non-hydrogen) atoms. The zero-order valence-electron chi connectivity index (χ0n) is 11.6. The van der Waals surface area contributed by atoms with Gasteiger partial charge in [-0.05, 0) is 42.8 Å². The number of benzene rings is 2. The number of aromatic nitrogens is 2. The summed E-state index contributed by atoms with van der Waals surface area (Å²) < 4.78 is 3.17. The van der Waals surface area contributed by atoms with Gasteiger partial charge in [-0.15, -0.1) is 0 Å². The maximum atomic E-state index is 6.13. The van der Waals surface area contributed by atoms with Crippen LogP contribution in [0.3, 0.4) is 0 Å². The molecule has 0 unspecified atom stereocenters. The van der Waals surface area contributed by atoms with Gasteiger partial charge in [0.05, 0.1) is 11.0 Å². The highest BCUT2D eigenvalue weighted by atomic mass is 79.9. The van der Waals surface area contributed by atoms with Gasteiger partial charge in [0.2, 0.25) is 0 Å². The molecule has 5 heteroatoms. The zero-order valence-corrected chi connectivity index (χ0v) is 13.9. The number of fused-ring (bicyclic) bond motifs is 1. The first kappa shape index (κ1) is 14.6. The van der Waals surface area contributed by atoms with Crippen molar-refractivity contribution in [2.45, 2.75) is 20.0 Å². The molecule has 2 N–H and O–H groups in total. The first-order chi connectivity index (χ1) is 10.1. The van der Waals surface area contributed by atoms with Crippen LogP contribution in [-0.4, -0.2) is 9.55 Å². The first-order valence-corrected chi connectivity index (χ1v) is 7.95. The van der Waals surface area contributed by atoms with Crippen LogP contribution < -0.4 is 5.73 Å². The van der Waals surface area contributed by atoms with Gasteiger partial charge in [-0.3, -0.25) is 0 Å². The Morgan fingerprint density at radius 2 is 2.05 bits per heavy atom. The molecule has 3 rings (SSSR count). The van der Waals surface area contributed by atoms with Crippen LogP contribution in [0.25, 0.3) is 22.4 Å². The third kappa shape index (κ3) is 2.59. The molecular formula is C16H15BrClN3. The van der Waals surface area contributed by atoms with Crippen molar-refractivity contribution in [1.29, 1.82) is 0 Å². The van der Waals surface area contributed by atoms with Crippen molar-refractivity contribution in [3.8, 4) is 11.4 Å². The fraction of sp³-hybridized carbons (Fsp3) is 0.188. The standard InChI is InChI=1S/C16H15BrClN3/c1-2-21-15-6-3-10(9-19)7-14(15)20-16(21)12-8-11(18)4-5-13(12)17/h3-8H,2,9,19H2,1H3. The van der Waals surface area contributed by atoms with Crippen LogP contribution in [0.2, 0.25) is 5.02 Å². The molecule has 3 aromatic rings. The highest BCUT2D eigenvalue weighted by Crippen LogP contribution is 2.32. The minimum Gasteiger partial charge on any atom is -0.326 e. The molecule has 0 spiro atoms. The van der Waals surface area contributed by atoms with E-state index >= 15 is 0 Å². The normalized spacial score (nSPS) is 11.2. The second kappa shape index (κ2) is 5.79. The van der Waals surface area contributed by atoms with E-state index in [2.05, 4.69) is 33.5 Å². The monoisotopic (exact) mass is 363 g/mol. The molecule has 0 aliphatic heterocycles. The topological polar surface area (TPSA) is 43.8 Å². The molecule has 1 aromatic heterocycles. The van der Waals surface area contributed by atoms with Crippen LogP contribution in [0.5, 0.6) is 0 Å². The molecule has 0 saturated heterocycles. The first-order valence-electron chi connectivity index (χ1n) is 6.78. The summed E-state index contributed by atoms with van der Waals surface area (Å²) in [6, 6.07) is 11.9. The minimum atomic E-state index is 0.519. The van der Waals surface area contributed by atoms with E-state index in [1.54, 1.807) is 0 Å². The number of hydrogen-bond acceptors (Lipinski definition) is 2. The zero-order chi connectivity index (χ0) is 15.0. The fourth-order valence-electron chi connectivity index (χ4n) is 2.50. The summed E-state index contributed by atoms with van der Waals surface area (Å²) in [7, 11) is 0. The van der Waals surface area contributed by atoms with Crippen LogP contribution in [0.4, 0.5) is 0 Å². The van der Waals surface area contributed by atoms with E-state index in [4.69, 9.17) is 22.3 Å². The molecule has 0 aliphatic rings. The lowest BCUT2D eigenvalue weighted by Gasteiger charge is -2.08. The average Bonchev–Trinajstić information content (AvgIpc) is 2.86. The van der Waals surface area contributed by atoms with Crippen LogP contribution in [-0.2, 0) is 13.1 Å². The van der Waals surface area contributed by atoms with Gasteiger partial charge < -0.3 is 10.3 Å². The molecule has 0 radical (unpaired) electrons. The predicted molar refractivity (Wildman–Crippen MR) is 91.4 cm³/mol. The summed E-state index contributed by atoms with van der Waals surface area (Å²) in [5.74, 6) is 0.913. The lowest BCUT2D eigenvalue weighted by atomic mass is 10.2. The summed E-state index contributed by atoms with van der Waals surface area (Å²) in [6.07, 6.45) is 0. The van der Waals surface area contributed by atoms with Gasteiger partial charge in [-0.1, -0.05) is 33.6 Å². The molecule has 1 heterocycles. The second-order valence-corrected chi connectivity index (χ2v) is 6.12. The Kier molecular flexibility index (Phi) is 4.02. The molecule has 0 atom stereocenters. The third-order valence-electron chi connectivity index (χ3n) is 3.53. The van der Waals surface area contributed by atoms with E-state index in [1.807, 2.05) is 30.3 Å². The van der Waals surface area contributed by atoms with E-state index in [0.717, 1.165) is 39.0 Å². The van der Waals surface area contributed by atoms with Gasteiger partial charge in [0, 0.05) is 28.1 Å². The van der Waals surface area contributed by atoms with E-state index in [9.17, 15) is 0 Å². The Morgan fingerprint density at radius 1 is 1.24 bits per heavy atom. The number of hydrogen-bond donors (Lipinski definition) is 1. The van der Waals surface area contributed by atoms with Gasteiger partial charge in [-0.2, -0.15) is 0 Å². The molecule has 0 saturated carbocycles. The molecule has 108 valence electrons. The Labute approximate surface area is 136 Å². The molecule has 3 nitrogen and oxygen atoms in total. The average molecular weight is 365 g/mol. The van der Waals surface area contributed by atoms with Gasteiger partial charge in [0.25, 0.3) is 0 Å². The number of imidazole rings is 1. The maximum absolute atomic E-state index is 6.13. The molecule has 0 amide bonds. The Morgan fingerprint density at radius 3 is 2.76 bits per heavy atom. The van der Waals surface area contributed by atoms with Crippen molar-refractivity contribution in [2.24, 2.45) is 5.73 Å². The molecular weight excluding hydrogens is 350 g/mol. The lowest BCUT2D eigenvalue weighted by molar-refractivity contribution is 0.796. The second-order valence-electron chi connectivity index (χ2n) is 4.83. The highest BCUT2D eigenvalue weighted by Gasteiger charge is 2.14. The van der Waals surface area contributed by atoms with Crippen LogP contribution in [0.15, 0.2) is 40.9 Å². The molecule has 0 fully saturated rings. The summed E-state index contributed by atoms with van der Waals surface area (Å²) in [6.45, 7) is 3.47. The van der Waals surface area contributed by atoms with Gasteiger partial charge >= 0.3 is 0 Å². The van der Waals surface area contributed by atoms with Crippen molar-refractivity contribution in [2.75, 3.05) is 0 Å². The van der Waals surface area contributed by atoms with Crippen molar-refractivity contribution >= 4 is 38.6 Å². The van der Waals surface area contributed by atoms with Crippen LogP contribution >= 0.6 is 27.5 Å². The summed E-state index contributed by atoms with van der Waals surface area (Å²) in [5.41, 5.74) is 9.86. The summed E-state index contributed by atoms with van der Waals surface area (Å²) in [4.78, 5) is 4.78. The smallest absolute Gasteiger partial charge is 0.142 e. The third-order valence-corrected chi connectivity index (χ3v) is 4.46. The lowest BCUT2D eigenvalue weighted by Crippen LogP contribution is -1.98. The van der Waals surface area contributed by atoms with E-state index < -0.39 is 0 Å². The summed E-state index contributed by atoms with van der Waals surface area (Å²) >= 11 is 9.72. The van der Waals surface area contributed by atoms with Crippen molar-refractivity contribution in [3.05, 3.63) is 51.5 Å². The Bertz CT molecular complexity index is 811. The minimum absolute atomic E-state index is 0.519. The number of nitrogens with two attached hydrogens (primary N) is 1. The van der Waals surface area contributed by atoms with Gasteiger partial charge in [-0.25, -0.2) is 4.98 Å². The Hall–Kier alpha value is -1.36. The fourth-order valence-corrected chi connectivity index (χ4v) is 3.09. The van der Waals surface area contributed by atoms with Crippen LogP contribution in [0.1, 0.15) is 12.5 Å². The number of aryl methyl sites for hydroxylation is 1. The Balaban J connectivity index is 2.29. The summed E-state index contributed by atoms with van der Waals surface area (Å²) in [5, 5.41) is 0.700. The predicted octanol–water partition coefficient (Wildman–Crippen LogP) is 4.60. The highest BCUT2D eigenvalue weighted by molar-refractivity contribution is 9.10. The van der Waals surface area contributed by atoms with Gasteiger partial charge in [0.1, 0.15) is 5.82 Å². The molecule has 0 aliphatic carbocycles. The number of rotatable bonds is 3. The van der Waals surface area contributed by atoms with Crippen LogP contribution in [0, 0.1) is 0 Å². The van der Waals surface area contributed by atoms with E-state index in [-0.39, 0.29) is 0 Å².